The third kappa shape index (κ3) is 3.01. The summed E-state index contributed by atoms with van der Waals surface area (Å²) in [5.74, 6) is -0.0341. The van der Waals surface area contributed by atoms with E-state index >= 15 is 0 Å². The van der Waals surface area contributed by atoms with Gasteiger partial charge in [0.25, 0.3) is 0 Å². The molecule has 1 fully saturated rings. The summed E-state index contributed by atoms with van der Waals surface area (Å²) in [5.41, 5.74) is 4.89. The number of esters is 1. The molecule has 6 nitrogen and oxygen atoms in total. The second kappa shape index (κ2) is 7.60. The normalized spacial score (nSPS) is 24.6. The third-order valence-corrected chi connectivity index (χ3v) is 6.47. The lowest BCUT2D eigenvalue weighted by atomic mass is 9.75. The summed E-state index contributed by atoms with van der Waals surface area (Å²) >= 11 is 0. The van der Waals surface area contributed by atoms with E-state index in [1.807, 2.05) is 19.1 Å². The first kappa shape index (κ1) is 19.0. The number of benzene rings is 1. The van der Waals surface area contributed by atoms with Gasteiger partial charge in [-0.15, -0.1) is 0 Å². The number of piperidine rings is 1. The minimum atomic E-state index is -0.520. The van der Waals surface area contributed by atoms with Gasteiger partial charge in [-0.3, -0.25) is 9.69 Å². The summed E-state index contributed by atoms with van der Waals surface area (Å²) in [5, 5.41) is 11.1. The molecule has 0 saturated carbocycles. The van der Waals surface area contributed by atoms with Crippen molar-refractivity contribution in [1.29, 1.82) is 0 Å². The van der Waals surface area contributed by atoms with Gasteiger partial charge in [0.1, 0.15) is 5.75 Å². The van der Waals surface area contributed by atoms with E-state index < -0.39 is 5.92 Å². The largest absolute Gasteiger partial charge is 0.497 e. The van der Waals surface area contributed by atoms with Crippen LogP contribution in [0.5, 0.6) is 5.75 Å². The maximum atomic E-state index is 12.3. The molecule has 2 aromatic rings. The number of rotatable bonds is 4. The minimum absolute atomic E-state index is 0.0180. The van der Waals surface area contributed by atoms with Crippen LogP contribution in [0.25, 0.3) is 10.9 Å². The number of aromatic nitrogens is 1. The number of hydrogen-bond donors (Lipinski definition) is 2. The van der Waals surface area contributed by atoms with Gasteiger partial charge in [0.15, 0.2) is 0 Å². The smallest absolute Gasteiger partial charge is 0.311 e. The molecule has 150 valence electrons. The van der Waals surface area contributed by atoms with E-state index in [0.717, 1.165) is 37.2 Å². The standard InChI is InChI=1S/C22H28N2O4/c1-4-13-11-24-8-7-16-15-6-5-14(27-2)9-19(15)23-21(16)20(24)10-17(13)18(12-25)22(26)28-3/h4-6,9,17-18,20,23,25H,7-8,10-12H2,1-3H3/t17-,18+,20-/m0/s1. The van der Waals surface area contributed by atoms with E-state index in [2.05, 4.69) is 22.0 Å². The Labute approximate surface area is 165 Å². The highest BCUT2D eigenvalue weighted by Gasteiger charge is 2.42. The summed E-state index contributed by atoms with van der Waals surface area (Å²) in [7, 11) is 3.07. The number of ether oxygens (including phenoxy) is 2. The number of fused-ring (bicyclic) bond motifs is 5. The van der Waals surface area contributed by atoms with Crippen molar-refractivity contribution in [2.24, 2.45) is 11.8 Å². The van der Waals surface area contributed by atoms with Crippen molar-refractivity contribution >= 4 is 16.9 Å². The fourth-order valence-corrected chi connectivity index (χ4v) is 4.98. The van der Waals surface area contributed by atoms with Crippen LogP contribution in [-0.4, -0.2) is 54.9 Å². The molecule has 28 heavy (non-hydrogen) atoms. The van der Waals surface area contributed by atoms with Crippen LogP contribution in [0.15, 0.2) is 29.8 Å². The van der Waals surface area contributed by atoms with Crippen molar-refractivity contribution in [3.63, 3.8) is 0 Å². The molecule has 3 atom stereocenters. The molecule has 0 aliphatic carbocycles. The van der Waals surface area contributed by atoms with Crippen molar-refractivity contribution in [2.75, 3.05) is 33.9 Å². The average Bonchev–Trinajstić information content (AvgIpc) is 3.11. The van der Waals surface area contributed by atoms with Gasteiger partial charge in [-0.05, 0) is 43.4 Å². The molecule has 2 aliphatic rings. The molecule has 2 aliphatic heterocycles. The summed E-state index contributed by atoms with van der Waals surface area (Å²) in [6.45, 7) is 3.62. The van der Waals surface area contributed by atoms with Gasteiger partial charge in [-0.2, -0.15) is 0 Å². The SMILES string of the molecule is CC=C1CN2CCc3c([nH]c4cc(OC)ccc34)[C@@H]2C[C@@H]1[C@@H](CO)C(=O)OC. The van der Waals surface area contributed by atoms with Crippen LogP contribution in [0.4, 0.5) is 0 Å². The van der Waals surface area contributed by atoms with Crippen LogP contribution in [0, 0.1) is 11.8 Å². The molecule has 0 amide bonds. The maximum absolute atomic E-state index is 12.3. The molecule has 0 radical (unpaired) electrons. The molecular formula is C22H28N2O4. The Morgan fingerprint density at radius 2 is 2.25 bits per heavy atom. The molecule has 0 bridgehead atoms. The molecule has 1 saturated heterocycles. The maximum Gasteiger partial charge on any atom is 0.311 e. The Hall–Kier alpha value is -2.31. The summed E-state index contributed by atoms with van der Waals surface area (Å²) in [6.07, 6.45) is 3.88. The Morgan fingerprint density at radius 3 is 2.93 bits per heavy atom. The van der Waals surface area contributed by atoms with Crippen molar-refractivity contribution in [3.8, 4) is 5.75 Å². The molecule has 1 aromatic heterocycles. The molecule has 6 heteroatoms. The van der Waals surface area contributed by atoms with Crippen LogP contribution in [0.2, 0.25) is 0 Å². The Bertz CT molecular complexity index is 917. The van der Waals surface area contributed by atoms with Gasteiger partial charge in [0, 0.05) is 35.8 Å². The van der Waals surface area contributed by atoms with Gasteiger partial charge in [0.2, 0.25) is 0 Å². The number of carbonyl (C=O) groups is 1. The zero-order valence-electron chi connectivity index (χ0n) is 16.7. The number of methoxy groups -OCH3 is 2. The molecule has 0 unspecified atom stereocenters. The number of aliphatic hydroxyl groups excluding tert-OH is 1. The molecule has 2 N–H and O–H groups in total. The highest BCUT2D eigenvalue weighted by Crippen LogP contribution is 2.45. The van der Waals surface area contributed by atoms with Crippen LogP contribution in [-0.2, 0) is 16.0 Å². The second-order valence-corrected chi connectivity index (χ2v) is 7.68. The first-order valence-electron chi connectivity index (χ1n) is 9.87. The lowest BCUT2D eigenvalue weighted by molar-refractivity contribution is -0.149. The first-order chi connectivity index (χ1) is 13.6. The zero-order chi connectivity index (χ0) is 19.8. The van der Waals surface area contributed by atoms with Crippen LogP contribution >= 0.6 is 0 Å². The van der Waals surface area contributed by atoms with Gasteiger partial charge in [-0.1, -0.05) is 11.6 Å². The predicted molar refractivity (Wildman–Crippen MR) is 107 cm³/mol. The van der Waals surface area contributed by atoms with Gasteiger partial charge in [-0.25, -0.2) is 0 Å². The van der Waals surface area contributed by atoms with E-state index in [1.165, 1.54) is 29.3 Å². The molecule has 4 rings (SSSR count). The van der Waals surface area contributed by atoms with E-state index in [9.17, 15) is 9.90 Å². The number of nitrogens with one attached hydrogen (secondary N) is 1. The highest BCUT2D eigenvalue weighted by atomic mass is 16.5. The lowest BCUT2D eigenvalue weighted by Crippen LogP contribution is -2.45. The molecular weight excluding hydrogens is 356 g/mol. The van der Waals surface area contributed by atoms with Crippen LogP contribution in [0.1, 0.15) is 30.6 Å². The third-order valence-electron chi connectivity index (χ3n) is 6.47. The number of hydrogen-bond acceptors (Lipinski definition) is 5. The summed E-state index contributed by atoms with van der Waals surface area (Å²) < 4.78 is 10.3. The molecule has 3 heterocycles. The molecule has 0 spiro atoms. The van der Waals surface area contributed by atoms with E-state index in [4.69, 9.17) is 9.47 Å². The Morgan fingerprint density at radius 1 is 1.43 bits per heavy atom. The van der Waals surface area contributed by atoms with Crippen molar-refractivity contribution < 1.29 is 19.4 Å². The summed E-state index contributed by atoms with van der Waals surface area (Å²) in [4.78, 5) is 18.4. The van der Waals surface area contributed by atoms with E-state index in [1.54, 1.807) is 7.11 Å². The van der Waals surface area contributed by atoms with Crippen LogP contribution < -0.4 is 4.74 Å². The van der Waals surface area contributed by atoms with E-state index in [0.29, 0.717) is 0 Å². The van der Waals surface area contributed by atoms with Gasteiger partial charge >= 0.3 is 5.97 Å². The number of allylic oxidation sites excluding steroid dienone is 1. The fourth-order valence-electron chi connectivity index (χ4n) is 4.98. The number of H-pyrrole nitrogens is 1. The second-order valence-electron chi connectivity index (χ2n) is 7.68. The quantitative estimate of drug-likeness (QED) is 0.626. The van der Waals surface area contributed by atoms with Gasteiger partial charge in [0.05, 0.1) is 32.8 Å². The minimum Gasteiger partial charge on any atom is -0.497 e. The first-order valence-corrected chi connectivity index (χ1v) is 9.87. The number of aromatic amines is 1. The van der Waals surface area contributed by atoms with Crippen LogP contribution in [0.3, 0.4) is 0 Å². The van der Waals surface area contributed by atoms with Crippen molar-refractivity contribution in [3.05, 3.63) is 41.1 Å². The van der Waals surface area contributed by atoms with Crippen molar-refractivity contribution in [2.45, 2.75) is 25.8 Å². The average molecular weight is 384 g/mol. The van der Waals surface area contributed by atoms with Gasteiger partial charge < -0.3 is 19.6 Å². The zero-order valence-corrected chi connectivity index (χ0v) is 16.7. The number of aliphatic hydroxyl groups is 1. The molecule has 1 aromatic carbocycles. The Kier molecular flexibility index (Phi) is 5.17. The Balaban J connectivity index is 1.73. The number of carbonyl (C=O) groups excluding carboxylic acids is 1. The lowest BCUT2D eigenvalue weighted by Gasteiger charge is -2.45. The highest BCUT2D eigenvalue weighted by molar-refractivity contribution is 5.86. The van der Waals surface area contributed by atoms with E-state index in [-0.39, 0.29) is 24.5 Å². The number of nitrogens with zero attached hydrogens (tertiary/aromatic N) is 1. The summed E-state index contributed by atoms with van der Waals surface area (Å²) in [6, 6.07) is 6.38. The fraction of sp³-hybridized carbons (Fsp3) is 0.500. The predicted octanol–water partition coefficient (Wildman–Crippen LogP) is 2.82. The monoisotopic (exact) mass is 384 g/mol. The van der Waals surface area contributed by atoms with Crippen molar-refractivity contribution in [1.82, 2.24) is 9.88 Å². The topological polar surface area (TPSA) is 74.8 Å².